The third kappa shape index (κ3) is 9.32. The topological polar surface area (TPSA) is 188 Å². The van der Waals surface area contributed by atoms with Crippen molar-refractivity contribution in [2.75, 3.05) is 36.0 Å². The van der Waals surface area contributed by atoms with Crippen molar-refractivity contribution in [2.45, 2.75) is 0 Å². The summed E-state index contributed by atoms with van der Waals surface area (Å²) in [6.07, 6.45) is 0. The lowest BCUT2D eigenvalue weighted by Crippen LogP contribution is -2.11. The first-order valence-corrected chi connectivity index (χ1v) is 10.3. The van der Waals surface area contributed by atoms with E-state index in [1.165, 1.54) is 0 Å². The summed E-state index contributed by atoms with van der Waals surface area (Å²) >= 11 is 0. The van der Waals surface area contributed by atoms with Gasteiger partial charge in [0.1, 0.15) is 0 Å². The van der Waals surface area contributed by atoms with E-state index in [9.17, 15) is 0 Å². The number of hydrogen-bond acceptors (Lipinski definition) is 6. The van der Waals surface area contributed by atoms with Gasteiger partial charge in [-0.05, 0) is 70.8 Å². The molecule has 4 rings (SSSR count). The molecule has 7 nitrogen and oxygen atoms in total. The molecule has 33 heavy (non-hydrogen) atoms. The molecule has 0 atom stereocenters. The van der Waals surface area contributed by atoms with E-state index in [1.807, 2.05) is 97.1 Å². The Balaban J connectivity index is 0.000000278. The fourth-order valence-electron chi connectivity index (χ4n) is 2.70. The van der Waals surface area contributed by atoms with Crippen molar-refractivity contribution in [2.24, 2.45) is 11.5 Å². The molecule has 0 fully saturated rings. The number of rotatable bonds is 3. The highest BCUT2D eigenvalue weighted by Crippen LogP contribution is 2.22. The standard InChI is InChI=1S/2C12H12N2.C2H8N2.H2O/c2*13-11-5-1-9(2-6-11)10-3-7-12(14)8-4-10;3-1-2-4;/h2*1-8H,13-14H2;1-4H2;1H2. The van der Waals surface area contributed by atoms with Gasteiger partial charge in [-0.2, -0.15) is 0 Å². The van der Waals surface area contributed by atoms with Crippen LogP contribution in [0.5, 0.6) is 0 Å². The Hall–Kier alpha value is -4.04. The lowest BCUT2D eigenvalue weighted by atomic mass is 10.1. The van der Waals surface area contributed by atoms with E-state index in [0.29, 0.717) is 13.1 Å². The van der Waals surface area contributed by atoms with Crippen molar-refractivity contribution >= 4 is 22.7 Å². The van der Waals surface area contributed by atoms with Crippen molar-refractivity contribution in [1.82, 2.24) is 0 Å². The molecule has 0 bridgehead atoms. The number of nitrogen functional groups attached to an aromatic ring is 4. The van der Waals surface area contributed by atoms with E-state index >= 15 is 0 Å². The van der Waals surface area contributed by atoms with Crippen molar-refractivity contribution in [3.05, 3.63) is 97.1 Å². The second-order valence-corrected chi connectivity index (χ2v) is 7.07. The van der Waals surface area contributed by atoms with Gasteiger partial charge >= 0.3 is 0 Å². The first-order chi connectivity index (χ1) is 15.4. The van der Waals surface area contributed by atoms with Gasteiger partial charge in [-0.1, -0.05) is 48.5 Å². The molecular formula is C26H34N6O. The zero-order valence-electron chi connectivity index (χ0n) is 18.6. The van der Waals surface area contributed by atoms with Crippen LogP contribution in [0.1, 0.15) is 0 Å². The fourth-order valence-corrected chi connectivity index (χ4v) is 2.70. The highest BCUT2D eigenvalue weighted by Gasteiger charge is 1.97. The van der Waals surface area contributed by atoms with Gasteiger partial charge in [0.15, 0.2) is 0 Å². The third-order valence-electron chi connectivity index (χ3n) is 4.48. The summed E-state index contributed by atoms with van der Waals surface area (Å²) in [5.74, 6) is 0. The lowest BCUT2D eigenvalue weighted by Gasteiger charge is -2.02. The average molecular weight is 447 g/mol. The van der Waals surface area contributed by atoms with Gasteiger partial charge in [-0.15, -0.1) is 0 Å². The summed E-state index contributed by atoms with van der Waals surface area (Å²) in [5, 5.41) is 0. The SMILES string of the molecule is NCCN.Nc1ccc(-c2ccc(N)cc2)cc1.Nc1ccc(-c2ccc(N)cc2)cc1.O. The van der Waals surface area contributed by atoms with Crippen LogP contribution in [0.2, 0.25) is 0 Å². The molecule has 14 N–H and O–H groups in total. The molecule has 0 aliphatic rings. The Morgan fingerprint density at radius 1 is 0.333 bits per heavy atom. The summed E-state index contributed by atoms with van der Waals surface area (Å²) in [6, 6.07) is 31.2. The molecule has 0 amide bonds. The van der Waals surface area contributed by atoms with Crippen LogP contribution in [0.4, 0.5) is 22.7 Å². The van der Waals surface area contributed by atoms with Gasteiger partial charge in [-0.3, -0.25) is 0 Å². The van der Waals surface area contributed by atoms with Gasteiger partial charge in [-0.25, -0.2) is 0 Å². The summed E-state index contributed by atoms with van der Waals surface area (Å²) < 4.78 is 0. The largest absolute Gasteiger partial charge is 0.412 e. The number of hydrogen-bond donors (Lipinski definition) is 6. The molecule has 4 aromatic rings. The van der Waals surface area contributed by atoms with Crippen LogP contribution in [0, 0.1) is 0 Å². The van der Waals surface area contributed by atoms with Crippen LogP contribution in [-0.4, -0.2) is 18.6 Å². The van der Waals surface area contributed by atoms with Gasteiger partial charge in [0.05, 0.1) is 0 Å². The summed E-state index contributed by atoms with van der Waals surface area (Å²) in [4.78, 5) is 0. The van der Waals surface area contributed by atoms with Crippen LogP contribution in [-0.2, 0) is 0 Å². The molecular weight excluding hydrogens is 412 g/mol. The monoisotopic (exact) mass is 446 g/mol. The zero-order chi connectivity index (χ0) is 23.3. The van der Waals surface area contributed by atoms with E-state index in [2.05, 4.69) is 0 Å². The smallest absolute Gasteiger partial charge is 0.0314 e. The highest BCUT2D eigenvalue weighted by molar-refractivity contribution is 5.68. The Morgan fingerprint density at radius 2 is 0.485 bits per heavy atom. The second kappa shape index (κ2) is 14.1. The average Bonchev–Trinajstić information content (AvgIpc) is 2.82. The van der Waals surface area contributed by atoms with Crippen LogP contribution < -0.4 is 34.4 Å². The van der Waals surface area contributed by atoms with E-state index in [4.69, 9.17) is 34.4 Å². The minimum absolute atomic E-state index is 0. The number of anilines is 4. The van der Waals surface area contributed by atoms with Crippen LogP contribution in [0.15, 0.2) is 97.1 Å². The molecule has 0 aliphatic heterocycles. The molecule has 0 radical (unpaired) electrons. The van der Waals surface area contributed by atoms with Crippen molar-refractivity contribution < 1.29 is 5.48 Å². The van der Waals surface area contributed by atoms with Gasteiger partial charge < -0.3 is 39.9 Å². The Labute approximate surface area is 195 Å². The van der Waals surface area contributed by atoms with E-state index in [-0.39, 0.29) is 5.48 Å². The Kier molecular flexibility index (Phi) is 11.5. The fraction of sp³-hybridized carbons (Fsp3) is 0.0769. The van der Waals surface area contributed by atoms with E-state index in [1.54, 1.807) is 0 Å². The quantitative estimate of drug-likeness (QED) is 0.262. The predicted octanol–water partition coefficient (Wildman–Crippen LogP) is 3.12. The Bertz CT molecular complexity index is 872. The molecule has 0 aliphatic carbocycles. The molecule has 0 heterocycles. The van der Waals surface area contributed by atoms with Crippen LogP contribution in [0.25, 0.3) is 22.3 Å². The summed E-state index contributed by atoms with van der Waals surface area (Å²) in [5.41, 5.74) is 40.0. The number of nitrogens with two attached hydrogens (primary N) is 6. The van der Waals surface area contributed by atoms with E-state index < -0.39 is 0 Å². The minimum atomic E-state index is 0. The number of benzene rings is 4. The van der Waals surface area contributed by atoms with Gasteiger partial charge in [0, 0.05) is 35.8 Å². The first-order valence-electron chi connectivity index (χ1n) is 10.3. The summed E-state index contributed by atoms with van der Waals surface area (Å²) in [7, 11) is 0. The lowest BCUT2D eigenvalue weighted by molar-refractivity contribution is 0.824. The molecule has 0 spiro atoms. The zero-order valence-corrected chi connectivity index (χ0v) is 18.6. The van der Waals surface area contributed by atoms with Gasteiger partial charge in [0.25, 0.3) is 0 Å². The van der Waals surface area contributed by atoms with Crippen molar-refractivity contribution in [1.29, 1.82) is 0 Å². The van der Waals surface area contributed by atoms with Gasteiger partial charge in [0.2, 0.25) is 0 Å². The van der Waals surface area contributed by atoms with Crippen molar-refractivity contribution in [3.8, 4) is 22.3 Å². The minimum Gasteiger partial charge on any atom is -0.412 e. The predicted molar refractivity (Wildman–Crippen MR) is 143 cm³/mol. The van der Waals surface area contributed by atoms with E-state index in [0.717, 1.165) is 45.0 Å². The maximum Gasteiger partial charge on any atom is 0.0314 e. The molecule has 0 saturated carbocycles. The van der Waals surface area contributed by atoms with Crippen LogP contribution >= 0.6 is 0 Å². The van der Waals surface area contributed by atoms with Crippen molar-refractivity contribution in [3.63, 3.8) is 0 Å². The third-order valence-corrected chi connectivity index (χ3v) is 4.48. The summed E-state index contributed by atoms with van der Waals surface area (Å²) in [6.45, 7) is 1.19. The molecule has 7 heteroatoms. The maximum atomic E-state index is 5.61. The highest BCUT2D eigenvalue weighted by atomic mass is 16.0. The van der Waals surface area contributed by atoms with Crippen LogP contribution in [0.3, 0.4) is 0 Å². The maximum absolute atomic E-state index is 5.61. The molecule has 0 unspecified atom stereocenters. The molecule has 0 saturated heterocycles. The first kappa shape index (κ1) is 27.0. The molecule has 174 valence electrons. The molecule has 4 aromatic carbocycles. The normalized spacial score (nSPS) is 9.39. The second-order valence-electron chi connectivity index (χ2n) is 7.07. The Morgan fingerprint density at radius 3 is 0.606 bits per heavy atom. The molecule has 0 aromatic heterocycles.